The second-order valence-electron chi connectivity index (χ2n) is 8.27. The molecule has 1 aliphatic heterocycles. The van der Waals surface area contributed by atoms with Crippen LogP contribution < -0.4 is 9.64 Å². The van der Waals surface area contributed by atoms with Crippen molar-refractivity contribution in [1.29, 1.82) is 0 Å². The van der Waals surface area contributed by atoms with E-state index in [1.54, 1.807) is 6.07 Å². The number of methoxy groups -OCH3 is 1. The highest BCUT2D eigenvalue weighted by atomic mass is 32.2. The Morgan fingerprint density at radius 2 is 1.86 bits per heavy atom. The topological polar surface area (TPSA) is 83.0 Å². The number of pyridine rings is 1. The molecule has 3 aromatic rings. The lowest BCUT2D eigenvalue weighted by Crippen LogP contribution is -2.51. The van der Waals surface area contributed by atoms with Crippen molar-refractivity contribution in [3.8, 4) is 16.9 Å². The normalized spacial score (nSPS) is 13.7. The monoisotopic (exact) mass is 535 g/mol. The van der Waals surface area contributed by atoms with Gasteiger partial charge in [0.2, 0.25) is 0 Å². The largest absolute Gasteiger partial charge is 0.496 e. The lowest BCUT2D eigenvalue weighted by molar-refractivity contribution is -0.137. The van der Waals surface area contributed by atoms with Crippen LogP contribution in [0.5, 0.6) is 5.75 Å². The Labute approximate surface area is 213 Å². The second kappa shape index (κ2) is 10.3. The van der Waals surface area contributed by atoms with Gasteiger partial charge in [-0.3, -0.25) is 9.78 Å². The number of halogens is 4. The van der Waals surface area contributed by atoms with Gasteiger partial charge in [-0.25, -0.2) is 9.18 Å². The highest BCUT2D eigenvalue weighted by Crippen LogP contribution is 2.39. The fraction of sp³-hybridized carbons (Fsp3) is 0.240. The number of anilines is 1. The summed E-state index contributed by atoms with van der Waals surface area (Å²) in [7, 11) is 2.77. The summed E-state index contributed by atoms with van der Waals surface area (Å²) < 4.78 is 60.0. The van der Waals surface area contributed by atoms with Gasteiger partial charge in [0.1, 0.15) is 11.6 Å². The fourth-order valence-corrected chi connectivity index (χ4v) is 5.17. The third-order valence-electron chi connectivity index (χ3n) is 5.82. The lowest BCUT2D eigenvalue weighted by Gasteiger charge is -2.36. The number of nitrogens with zero attached hydrogens (tertiary/aromatic N) is 3. The number of carbonyl (C=O) groups excluding carboxylic acids is 1. The predicted molar refractivity (Wildman–Crippen MR) is 130 cm³/mol. The van der Waals surface area contributed by atoms with Crippen LogP contribution >= 0.6 is 11.8 Å². The third kappa shape index (κ3) is 5.63. The molecule has 0 unspecified atom stereocenters. The van der Waals surface area contributed by atoms with Crippen molar-refractivity contribution in [2.45, 2.75) is 16.3 Å². The molecule has 2 aromatic carbocycles. The molecule has 1 saturated heterocycles. The first kappa shape index (κ1) is 26.3. The minimum atomic E-state index is -4.70. The first-order valence-electron chi connectivity index (χ1n) is 10.9. The van der Waals surface area contributed by atoms with E-state index in [2.05, 4.69) is 4.98 Å². The molecule has 1 aliphatic rings. The average molecular weight is 536 g/mol. The summed E-state index contributed by atoms with van der Waals surface area (Å²) in [6.45, 7) is 0.357. The molecule has 0 bridgehead atoms. The summed E-state index contributed by atoms with van der Waals surface area (Å²) in [5.41, 5.74) is 0.0206. The van der Waals surface area contributed by atoms with E-state index in [1.807, 2.05) is 0 Å². The molecule has 12 heteroatoms. The molecule has 1 aromatic heterocycles. The molecule has 194 valence electrons. The van der Waals surface area contributed by atoms with Crippen molar-refractivity contribution in [1.82, 2.24) is 9.88 Å². The van der Waals surface area contributed by atoms with Crippen LogP contribution in [0.1, 0.15) is 15.9 Å². The zero-order valence-corrected chi connectivity index (χ0v) is 20.4. The maximum atomic E-state index is 13.7. The lowest BCUT2D eigenvalue weighted by atomic mass is 10.0. The first-order valence-corrected chi connectivity index (χ1v) is 11.8. The Kier molecular flexibility index (Phi) is 7.30. The highest BCUT2D eigenvalue weighted by molar-refractivity contribution is 8.00. The molecule has 2 heterocycles. The molecule has 1 fully saturated rings. The number of likely N-dealkylation sites (tertiary alicyclic amines) is 1. The van der Waals surface area contributed by atoms with Crippen LogP contribution in [0, 0.1) is 5.82 Å². The van der Waals surface area contributed by atoms with E-state index in [1.165, 1.54) is 55.7 Å². The maximum Gasteiger partial charge on any atom is 0.416 e. The van der Waals surface area contributed by atoms with Gasteiger partial charge in [-0.2, -0.15) is 13.2 Å². The number of rotatable bonds is 6. The Hall–Kier alpha value is -3.80. The highest BCUT2D eigenvalue weighted by Gasteiger charge is 2.35. The Morgan fingerprint density at radius 1 is 1.14 bits per heavy atom. The zero-order valence-electron chi connectivity index (χ0n) is 19.6. The number of hydrogen-bond acceptors (Lipinski definition) is 5. The van der Waals surface area contributed by atoms with Gasteiger partial charge in [-0.15, -0.1) is 11.8 Å². The van der Waals surface area contributed by atoms with Gasteiger partial charge < -0.3 is 19.6 Å². The zero-order chi connectivity index (χ0) is 26.9. The van der Waals surface area contributed by atoms with Crippen LogP contribution in [0.15, 0.2) is 59.8 Å². The van der Waals surface area contributed by atoms with Crippen LogP contribution in [-0.2, 0) is 6.18 Å². The minimum Gasteiger partial charge on any atom is -0.496 e. The van der Waals surface area contributed by atoms with Crippen molar-refractivity contribution in [3.05, 3.63) is 71.8 Å². The van der Waals surface area contributed by atoms with Crippen LogP contribution in [0.2, 0.25) is 0 Å². The van der Waals surface area contributed by atoms with Gasteiger partial charge >= 0.3 is 12.3 Å². The number of carbonyl (C=O) groups is 2. The van der Waals surface area contributed by atoms with E-state index >= 15 is 0 Å². The van der Waals surface area contributed by atoms with Gasteiger partial charge in [-0.05, 0) is 36.4 Å². The molecule has 4 rings (SSSR count). The molecule has 2 amide bonds. The van der Waals surface area contributed by atoms with Crippen molar-refractivity contribution in [2.24, 2.45) is 0 Å². The number of benzene rings is 2. The number of aromatic nitrogens is 1. The van der Waals surface area contributed by atoms with Gasteiger partial charge in [0.25, 0.3) is 5.91 Å². The molecule has 0 aliphatic carbocycles. The van der Waals surface area contributed by atoms with Crippen molar-refractivity contribution < 1.29 is 37.0 Å². The van der Waals surface area contributed by atoms with Gasteiger partial charge in [-0.1, -0.05) is 0 Å². The van der Waals surface area contributed by atoms with E-state index < -0.39 is 29.6 Å². The van der Waals surface area contributed by atoms with Crippen LogP contribution in [0.4, 0.5) is 28.0 Å². The maximum absolute atomic E-state index is 13.7. The molecule has 0 spiro atoms. The van der Waals surface area contributed by atoms with E-state index in [0.717, 1.165) is 28.8 Å². The fourth-order valence-electron chi connectivity index (χ4n) is 3.89. The quantitative estimate of drug-likeness (QED) is 0.411. The number of ether oxygens (including phenoxy) is 1. The number of carboxylic acid groups (broad SMARTS) is 1. The van der Waals surface area contributed by atoms with Crippen molar-refractivity contribution >= 4 is 29.4 Å². The van der Waals surface area contributed by atoms with Crippen LogP contribution in [-0.4, -0.2) is 59.5 Å². The summed E-state index contributed by atoms with van der Waals surface area (Å²) in [5, 5.41) is 8.77. The summed E-state index contributed by atoms with van der Waals surface area (Å²) in [6.07, 6.45) is -2.94. The Morgan fingerprint density at radius 3 is 2.51 bits per heavy atom. The molecular weight excluding hydrogens is 514 g/mol. The molecule has 0 radical (unpaired) electrons. The van der Waals surface area contributed by atoms with Crippen LogP contribution in [0.25, 0.3) is 11.1 Å². The standard InChI is InChI=1S/C25H21F4N3O4S/c1-31(21-11-30-6-5-19(21)20-4-3-16(26)10-22(20)36-2)23(33)14-7-15(25(27,28)29)9-17(8-14)37-18-12-32(13-18)24(34)35/h3-11,18H,12-13H2,1-2H3,(H,34,35). The van der Waals surface area contributed by atoms with Gasteiger partial charge in [0.05, 0.1) is 24.6 Å². The van der Waals surface area contributed by atoms with E-state index in [0.29, 0.717) is 11.1 Å². The predicted octanol–water partition coefficient (Wildman–Crippen LogP) is 5.65. The number of alkyl halides is 3. The third-order valence-corrected chi connectivity index (χ3v) is 6.96. The SMILES string of the molecule is COc1cc(F)ccc1-c1ccncc1N(C)C(=O)c1cc(SC2CN(C(=O)O)C2)cc(C(F)(F)F)c1. The molecular formula is C25H21F4N3O4S. The summed E-state index contributed by atoms with van der Waals surface area (Å²) in [5.74, 6) is -1.03. The number of thioether (sulfide) groups is 1. The van der Waals surface area contributed by atoms with Gasteiger partial charge in [0.15, 0.2) is 0 Å². The second-order valence-corrected chi connectivity index (χ2v) is 9.65. The molecule has 0 atom stereocenters. The number of amides is 2. The smallest absolute Gasteiger partial charge is 0.416 e. The van der Waals surface area contributed by atoms with Crippen LogP contribution in [0.3, 0.4) is 0 Å². The minimum absolute atomic E-state index is 0.179. The Bertz CT molecular complexity index is 1350. The summed E-state index contributed by atoms with van der Waals surface area (Å²) >= 11 is 1.09. The molecule has 1 N–H and O–H groups in total. The van der Waals surface area contributed by atoms with Gasteiger partial charge in [0, 0.05) is 59.2 Å². The van der Waals surface area contributed by atoms with Crippen molar-refractivity contribution in [2.75, 3.05) is 32.1 Å². The Balaban J connectivity index is 1.68. The average Bonchev–Trinajstić information content (AvgIpc) is 2.84. The summed E-state index contributed by atoms with van der Waals surface area (Å²) in [6, 6.07) is 8.56. The van der Waals surface area contributed by atoms with E-state index in [-0.39, 0.29) is 40.2 Å². The first-order chi connectivity index (χ1) is 17.5. The number of hydrogen-bond donors (Lipinski definition) is 1. The van der Waals surface area contributed by atoms with Crippen molar-refractivity contribution in [3.63, 3.8) is 0 Å². The molecule has 0 saturated carbocycles. The van der Waals surface area contributed by atoms with E-state index in [9.17, 15) is 27.2 Å². The van der Waals surface area contributed by atoms with E-state index in [4.69, 9.17) is 9.84 Å². The molecule has 7 nitrogen and oxygen atoms in total. The molecule has 37 heavy (non-hydrogen) atoms. The summed E-state index contributed by atoms with van der Waals surface area (Å²) in [4.78, 5) is 31.0.